The van der Waals surface area contributed by atoms with E-state index < -0.39 is 0 Å². The zero-order chi connectivity index (χ0) is 15.8. The van der Waals surface area contributed by atoms with E-state index in [1.807, 2.05) is 61.6 Å². The van der Waals surface area contributed by atoms with Gasteiger partial charge in [0.1, 0.15) is 11.4 Å². The molecule has 5 nitrogen and oxygen atoms in total. The van der Waals surface area contributed by atoms with Crippen LogP contribution in [0.3, 0.4) is 0 Å². The Morgan fingerprint density at radius 1 is 0.913 bits per heavy atom. The number of fused-ring (bicyclic) bond motifs is 1. The van der Waals surface area contributed by atoms with Crippen LogP contribution in [0.4, 0.5) is 5.95 Å². The van der Waals surface area contributed by atoms with Gasteiger partial charge in [-0.1, -0.05) is 65.2 Å². The quantitative estimate of drug-likeness (QED) is 0.579. The number of hydrogen-bond donors (Lipinski definition) is 1. The molecule has 0 atom stereocenters. The average Bonchev–Trinajstić information content (AvgIpc) is 2.90. The molecule has 23 heavy (non-hydrogen) atoms. The Kier molecular flexibility index (Phi) is 3.05. The standard InChI is InChI=1S/C18H16N5/c1-22-17(19)21-23-16(14-10-6-3-7-11-14)12-15(20-18(22)23)13-8-4-2-5-9-13/h2-12H,1H3,(H2,19,21)/q+1. The highest BCUT2D eigenvalue weighted by atomic mass is 15.4. The van der Waals surface area contributed by atoms with Gasteiger partial charge in [0.15, 0.2) is 0 Å². The fourth-order valence-corrected chi connectivity index (χ4v) is 2.64. The van der Waals surface area contributed by atoms with Crippen molar-refractivity contribution in [2.75, 3.05) is 5.73 Å². The summed E-state index contributed by atoms with van der Waals surface area (Å²) in [4.78, 5) is 4.74. The van der Waals surface area contributed by atoms with Crippen LogP contribution in [-0.4, -0.2) is 14.6 Å². The fraction of sp³-hybridized carbons (Fsp3) is 0.0556. The summed E-state index contributed by atoms with van der Waals surface area (Å²) in [5.41, 5.74) is 9.97. The maximum absolute atomic E-state index is 5.98. The Labute approximate surface area is 133 Å². The minimum absolute atomic E-state index is 0.430. The molecule has 0 aliphatic carbocycles. The number of benzene rings is 2. The summed E-state index contributed by atoms with van der Waals surface area (Å²) in [5, 5.41) is 4.42. The molecule has 2 aromatic carbocycles. The molecular formula is C18H16N5+. The van der Waals surface area contributed by atoms with Gasteiger partial charge < -0.3 is 5.73 Å². The molecule has 0 saturated heterocycles. The number of hydrogen-bond acceptors (Lipinski definition) is 3. The van der Waals surface area contributed by atoms with Crippen LogP contribution in [0.2, 0.25) is 0 Å². The smallest absolute Gasteiger partial charge is 0.318 e. The van der Waals surface area contributed by atoms with Crippen LogP contribution in [0.5, 0.6) is 0 Å². The first-order valence-electron chi connectivity index (χ1n) is 7.40. The molecule has 2 aromatic heterocycles. The highest BCUT2D eigenvalue weighted by Gasteiger charge is 2.20. The van der Waals surface area contributed by atoms with Gasteiger partial charge in [0, 0.05) is 29.3 Å². The highest BCUT2D eigenvalue weighted by molar-refractivity contribution is 5.70. The highest BCUT2D eigenvalue weighted by Crippen LogP contribution is 2.25. The van der Waals surface area contributed by atoms with Gasteiger partial charge in [-0.2, -0.15) is 0 Å². The van der Waals surface area contributed by atoms with Crippen LogP contribution in [0.25, 0.3) is 28.3 Å². The van der Waals surface area contributed by atoms with Crippen molar-refractivity contribution in [3.8, 4) is 22.5 Å². The van der Waals surface area contributed by atoms with E-state index in [0.29, 0.717) is 11.7 Å². The van der Waals surface area contributed by atoms with Crippen LogP contribution in [-0.2, 0) is 7.05 Å². The predicted molar refractivity (Wildman–Crippen MR) is 89.4 cm³/mol. The maximum atomic E-state index is 5.98. The Hall–Kier alpha value is -3.21. The van der Waals surface area contributed by atoms with E-state index in [2.05, 4.69) is 17.2 Å². The largest absolute Gasteiger partial charge is 0.359 e. The Morgan fingerprint density at radius 3 is 2.17 bits per heavy atom. The molecule has 0 aliphatic rings. The van der Waals surface area contributed by atoms with Gasteiger partial charge in [0.05, 0.1) is 0 Å². The van der Waals surface area contributed by atoms with Crippen molar-refractivity contribution in [2.45, 2.75) is 0 Å². The van der Waals surface area contributed by atoms with Gasteiger partial charge in [-0.25, -0.2) is 4.57 Å². The number of aryl methyl sites for hydroxylation is 1. The lowest BCUT2D eigenvalue weighted by Gasteiger charge is -2.04. The number of aromatic nitrogens is 4. The van der Waals surface area contributed by atoms with E-state index in [0.717, 1.165) is 22.5 Å². The molecule has 2 N–H and O–H groups in total. The van der Waals surface area contributed by atoms with Crippen LogP contribution >= 0.6 is 0 Å². The average molecular weight is 302 g/mol. The Morgan fingerprint density at radius 2 is 1.52 bits per heavy atom. The number of rotatable bonds is 2. The van der Waals surface area contributed by atoms with Crippen molar-refractivity contribution < 1.29 is 4.57 Å². The Balaban J connectivity index is 2.06. The van der Waals surface area contributed by atoms with Crippen molar-refractivity contribution in [3.63, 3.8) is 0 Å². The summed E-state index contributed by atoms with van der Waals surface area (Å²) in [6.07, 6.45) is 0. The molecule has 0 amide bonds. The van der Waals surface area contributed by atoms with E-state index in [-0.39, 0.29) is 0 Å². The van der Waals surface area contributed by atoms with Crippen LogP contribution in [0.15, 0.2) is 66.7 Å². The van der Waals surface area contributed by atoms with Crippen molar-refractivity contribution in [2.24, 2.45) is 7.05 Å². The van der Waals surface area contributed by atoms with E-state index >= 15 is 0 Å². The lowest BCUT2D eigenvalue weighted by Crippen LogP contribution is -2.31. The minimum atomic E-state index is 0.430. The van der Waals surface area contributed by atoms with Crippen LogP contribution in [0, 0.1) is 0 Å². The molecule has 4 aromatic rings. The number of nitrogen functional groups attached to an aromatic ring is 1. The molecule has 0 unspecified atom stereocenters. The summed E-state index contributed by atoms with van der Waals surface area (Å²) >= 11 is 0. The van der Waals surface area contributed by atoms with Crippen LogP contribution in [0.1, 0.15) is 0 Å². The van der Waals surface area contributed by atoms with Crippen molar-refractivity contribution >= 4 is 11.7 Å². The van der Waals surface area contributed by atoms with E-state index in [4.69, 9.17) is 10.7 Å². The molecule has 0 bridgehead atoms. The third-order valence-corrected chi connectivity index (χ3v) is 3.90. The summed E-state index contributed by atoms with van der Waals surface area (Å²) in [5.74, 6) is 1.14. The van der Waals surface area contributed by atoms with Gasteiger partial charge in [-0.15, -0.1) is 4.98 Å². The summed E-state index contributed by atoms with van der Waals surface area (Å²) in [6, 6.07) is 22.3. The lowest BCUT2D eigenvalue weighted by molar-refractivity contribution is -0.633. The molecule has 0 fully saturated rings. The number of nitrogens with zero attached hydrogens (tertiary/aromatic N) is 4. The van der Waals surface area contributed by atoms with Gasteiger partial charge in [0.25, 0.3) is 0 Å². The number of anilines is 1. The predicted octanol–water partition coefficient (Wildman–Crippen LogP) is 2.47. The van der Waals surface area contributed by atoms with Crippen molar-refractivity contribution in [3.05, 3.63) is 66.7 Å². The normalized spacial score (nSPS) is 11.0. The molecule has 4 rings (SSSR count). The van der Waals surface area contributed by atoms with Crippen molar-refractivity contribution in [1.82, 2.24) is 14.6 Å². The van der Waals surface area contributed by atoms with Gasteiger partial charge >= 0.3 is 11.7 Å². The fourth-order valence-electron chi connectivity index (χ4n) is 2.64. The molecule has 0 radical (unpaired) electrons. The zero-order valence-corrected chi connectivity index (χ0v) is 12.7. The van der Waals surface area contributed by atoms with E-state index in [9.17, 15) is 0 Å². The second-order valence-corrected chi connectivity index (χ2v) is 5.39. The monoisotopic (exact) mass is 302 g/mol. The van der Waals surface area contributed by atoms with Gasteiger partial charge in [-0.05, 0) is 0 Å². The van der Waals surface area contributed by atoms with Crippen LogP contribution < -0.4 is 10.3 Å². The zero-order valence-electron chi connectivity index (χ0n) is 12.7. The second-order valence-electron chi connectivity index (χ2n) is 5.39. The van der Waals surface area contributed by atoms with Gasteiger partial charge in [0.2, 0.25) is 0 Å². The first-order valence-corrected chi connectivity index (χ1v) is 7.40. The maximum Gasteiger partial charge on any atom is 0.359 e. The Bertz CT molecular complexity index is 975. The third-order valence-electron chi connectivity index (χ3n) is 3.90. The molecule has 0 saturated carbocycles. The third kappa shape index (κ3) is 2.23. The molecule has 5 heteroatoms. The second kappa shape index (κ2) is 5.21. The van der Waals surface area contributed by atoms with E-state index in [1.165, 1.54) is 0 Å². The first kappa shape index (κ1) is 13.5. The molecule has 0 aliphatic heterocycles. The number of nitrogens with two attached hydrogens (primary N) is 1. The first-order chi connectivity index (χ1) is 11.2. The topological polar surface area (TPSA) is 60.1 Å². The summed E-state index contributed by atoms with van der Waals surface area (Å²) < 4.78 is 3.58. The SMILES string of the molecule is C[n+]1c(N)nn2c(-c3ccccc3)cc(-c3ccccc3)nc21. The van der Waals surface area contributed by atoms with E-state index in [1.54, 1.807) is 9.08 Å². The van der Waals surface area contributed by atoms with Crippen molar-refractivity contribution in [1.29, 1.82) is 0 Å². The molecule has 2 heterocycles. The lowest BCUT2D eigenvalue weighted by atomic mass is 10.1. The minimum Gasteiger partial charge on any atom is -0.318 e. The molecular weight excluding hydrogens is 286 g/mol. The van der Waals surface area contributed by atoms with Gasteiger partial charge in [-0.3, -0.25) is 0 Å². The molecule has 112 valence electrons. The summed E-state index contributed by atoms with van der Waals surface area (Å²) in [6.45, 7) is 0. The molecule has 0 spiro atoms. The summed E-state index contributed by atoms with van der Waals surface area (Å²) in [7, 11) is 1.87.